The third kappa shape index (κ3) is 2.45. The molecule has 0 fully saturated rings. The van der Waals surface area contributed by atoms with Gasteiger partial charge in [-0.15, -0.1) is 0 Å². The fourth-order valence-corrected chi connectivity index (χ4v) is 1.82. The van der Waals surface area contributed by atoms with Gasteiger partial charge in [0, 0.05) is 11.8 Å². The molecule has 0 saturated carbocycles. The summed E-state index contributed by atoms with van der Waals surface area (Å²) in [5.41, 5.74) is 6.55. The van der Waals surface area contributed by atoms with E-state index < -0.39 is 9.84 Å². The quantitative estimate of drug-likeness (QED) is 0.768. The average Bonchev–Trinajstić information content (AvgIpc) is 2.28. The molecule has 5 nitrogen and oxygen atoms in total. The van der Waals surface area contributed by atoms with E-state index in [0.29, 0.717) is 17.7 Å². The molecule has 2 N–H and O–H groups in total. The van der Waals surface area contributed by atoms with Gasteiger partial charge in [0.2, 0.25) is 5.88 Å². The highest BCUT2D eigenvalue weighted by Gasteiger charge is 2.15. The smallest absolute Gasteiger partial charge is 0.225 e. The van der Waals surface area contributed by atoms with Gasteiger partial charge >= 0.3 is 0 Å². The molecule has 0 amide bonds. The van der Waals surface area contributed by atoms with Crippen LogP contribution in [0.4, 0.5) is 5.88 Å². The summed E-state index contributed by atoms with van der Waals surface area (Å²) in [7, 11) is -3.07. The monoisotopic (exact) mass is 204 g/mol. The van der Waals surface area contributed by atoms with Crippen LogP contribution in [0.25, 0.3) is 0 Å². The van der Waals surface area contributed by atoms with Crippen LogP contribution >= 0.6 is 0 Å². The van der Waals surface area contributed by atoms with Gasteiger partial charge in [-0.2, -0.15) is 0 Å². The second kappa shape index (κ2) is 3.37. The molecule has 0 aliphatic carbocycles. The van der Waals surface area contributed by atoms with Gasteiger partial charge in [-0.3, -0.25) is 0 Å². The molecule has 0 spiro atoms. The number of nitrogens with zero attached hydrogens (tertiary/aromatic N) is 1. The molecule has 1 rings (SSSR count). The Kier molecular flexibility index (Phi) is 2.60. The highest BCUT2D eigenvalue weighted by atomic mass is 32.2. The van der Waals surface area contributed by atoms with Gasteiger partial charge < -0.3 is 10.3 Å². The van der Waals surface area contributed by atoms with Crippen LogP contribution in [0, 0.1) is 0 Å². The van der Waals surface area contributed by atoms with Crippen LogP contribution in [0.5, 0.6) is 0 Å². The van der Waals surface area contributed by atoms with Crippen molar-refractivity contribution in [3.8, 4) is 0 Å². The number of rotatable bonds is 3. The molecule has 0 bridgehead atoms. The number of hydrogen-bond donors (Lipinski definition) is 1. The van der Waals surface area contributed by atoms with E-state index in [-0.39, 0.29) is 11.6 Å². The third-order valence-corrected chi connectivity index (χ3v) is 2.45. The lowest BCUT2D eigenvalue weighted by Gasteiger charge is -1.96. The summed E-state index contributed by atoms with van der Waals surface area (Å²) < 4.78 is 26.6. The molecule has 0 radical (unpaired) electrons. The predicted molar refractivity (Wildman–Crippen MR) is 48.8 cm³/mol. The third-order valence-electron chi connectivity index (χ3n) is 1.65. The lowest BCUT2D eigenvalue weighted by molar-refractivity contribution is 0.429. The SMILES string of the molecule is CCc1c(CS(C)(=O)=O)noc1N. The van der Waals surface area contributed by atoms with Crippen molar-refractivity contribution in [1.82, 2.24) is 5.16 Å². The minimum absolute atomic E-state index is 0.114. The molecule has 1 aromatic rings. The Morgan fingerprint density at radius 3 is 2.62 bits per heavy atom. The fourth-order valence-electron chi connectivity index (χ4n) is 1.10. The Balaban J connectivity index is 3.02. The molecule has 0 saturated heterocycles. The van der Waals surface area contributed by atoms with E-state index in [4.69, 9.17) is 10.3 Å². The Morgan fingerprint density at radius 1 is 1.54 bits per heavy atom. The molecular formula is C7H12N2O3S. The normalized spacial score (nSPS) is 11.8. The highest BCUT2D eigenvalue weighted by molar-refractivity contribution is 7.89. The van der Waals surface area contributed by atoms with E-state index in [2.05, 4.69) is 5.16 Å². The van der Waals surface area contributed by atoms with Gasteiger partial charge in [0.25, 0.3) is 0 Å². The first kappa shape index (κ1) is 10.0. The molecule has 0 unspecified atom stereocenters. The fraction of sp³-hybridized carbons (Fsp3) is 0.571. The van der Waals surface area contributed by atoms with Crippen molar-refractivity contribution in [1.29, 1.82) is 0 Å². The van der Waals surface area contributed by atoms with E-state index in [9.17, 15) is 8.42 Å². The first-order valence-corrected chi connectivity index (χ1v) is 5.90. The summed E-state index contributed by atoms with van der Waals surface area (Å²) in [5, 5.41) is 3.59. The van der Waals surface area contributed by atoms with Crippen LogP contribution in [0.2, 0.25) is 0 Å². The first-order chi connectivity index (χ1) is 5.94. The van der Waals surface area contributed by atoms with Gasteiger partial charge in [0.05, 0.1) is 5.75 Å². The van der Waals surface area contributed by atoms with Crippen molar-refractivity contribution in [3.63, 3.8) is 0 Å². The number of nitrogen functional groups attached to an aromatic ring is 1. The van der Waals surface area contributed by atoms with E-state index in [0.717, 1.165) is 6.26 Å². The zero-order chi connectivity index (χ0) is 10.1. The molecule has 0 aliphatic rings. The Morgan fingerprint density at radius 2 is 2.15 bits per heavy atom. The Bertz CT molecular complexity index is 394. The van der Waals surface area contributed by atoms with Crippen molar-refractivity contribution in [2.75, 3.05) is 12.0 Å². The zero-order valence-corrected chi connectivity index (χ0v) is 8.39. The van der Waals surface area contributed by atoms with Gasteiger partial charge in [0.1, 0.15) is 5.69 Å². The second-order valence-corrected chi connectivity index (χ2v) is 5.04. The van der Waals surface area contributed by atoms with Crippen LogP contribution in [0.15, 0.2) is 4.52 Å². The first-order valence-electron chi connectivity index (χ1n) is 3.84. The predicted octanol–water partition coefficient (Wildman–Crippen LogP) is 0.364. The van der Waals surface area contributed by atoms with Crippen molar-refractivity contribution < 1.29 is 12.9 Å². The number of sulfone groups is 1. The van der Waals surface area contributed by atoms with E-state index >= 15 is 0 Å². The maximum atomic E-state index is 11.0. The molecule has 0 aliphatic heterocycles. The second-order valence-electron chi connectivity index (χ2n) is 2.90. The summed E-state index contributed by atoms with van der Waals surface area (Å²) in [4.78, 5) is 0. The summed E-state index contributed by atoms with van der Waals surface area (Å²) in [6, 6.07) is 0. The van der Waals surface area contributed by atoms with Crippen molar-refractivity contribution in [2.24, 2.45) is 0 Å². The minimum atomic E-state index is -3.07. The van der Waals surface area contributed by atoms with Crippen LogP contribution in [-0.2, 0) is 22.0 Å². The summed E-state index contributed by atoms with van der Waals surface area (Å²) in [6.07, 6.45) is 1.78. The highest BCUT2D eigenvalue weighted by Crippen LogP contribution is 2.18. The van der Waals surface area contributed by atoms with Crippen LogP contribution in [-0.4, -0.2) is 19.8 Å². The van der Waals surface area contributed by atoms with Crippen LogP contribution in [0.1, 0.15) is 18.2 Å². The molecule has 13 heavy (non-hydrogen) atoms. The van der Waals surface area contributed by atoms with Gasteiger partial charge in [-0.25, -0.2) is 8.42 Å². The average molecular weight is 204 g/mol. The van der Waals surface area contributed by atoms with E-state index in [1.54, 1.807) is 0 Å². The lowest BCUT2D eigenvalue weighted by atomic mass is 10.2. The van der Waals surface area contributed by atoms with E-state index in [1.165, 1.54) is 0 Å². The van der Waals surface area contributed by atoms with Gasteiger partial charge in [-0.1, -0.05) is 12.1 Å². The maximum Gasteiger partial charge on any atom is 0.225 e. The number of anilines is 1. The van der Waals surface area contributed by atoms with Crippen molar-refractivity contribution in [2.45, 2.75) is 19.1 Å². The van der Waals surface area contributed by atoms with E-state index in [1.807, 2.05) is 6.92 Å². The molecule has 0 aromatic carbocycles. The zero-order valence-electron chi connectivity index (χ0n) is 7.57. The molecular weight excluding hydrogens is 192 g/mol. The van der Waals surface area contributed by atoms with Gasteiger partial charge in [0.15, 0.2) is 9.84 Å². The van der Waals surface area contributed by atoms with Crippen LogP contribution < -0.4 is 5.73 Å². The standard InChI is InChI=1S/C7H12N2O3S/c1-3-5-6(4-13(2,10)11)9-12-7(5)8/h3-4,8H2,1-2H3. The van der Waals surface area contributed by atoms with Gasteiger partial charge in [-0.05, 0) is 6.42 Å². The number of nitrogens with two attached hydrogens (primary N) is 1. The Hall–Kier alpha value is -1.04. The van der Waals surface area contributed by atoms with Crippen molar-refractivity contribution >= 4 is 15.7 Å². The number of aromatic nitrogens is 1. The van der Waals surface area contributed by atoms with Crippen molar-refractivity contribution in [3.05, 3.63) is 11.3 Å². The molecule has 6 heteroatoms. The molecule has 1 aromatic heterocycles. The minimum Gasteiger partial charge on any atom is -0.367 e. The lowest BCUT2D eigenvalue weighted by Crippen LogP contribution is -2.03. The summed E-state index contributed by atoms with van der Waals surface area (Å²) in [6.45, 7) is 1.87. The Labute approximate surface area is 76.8 Å². The largest absolute Gasteiger partial charge is 0.367 e. The molecule has 0 atom stereocenters. The van der Waals surface area contributed by atoms with Crippen LogP contribution in [0.3, 0.4) is 0 Å². The molecule has 74 valence electrons. The maximum absolute atomic E-state index is 11.0. The molecule has 1 heterocycles. The summed E-state index contributed by atoms with van der Waals surface area (Å²) in [5.74, 6) is 0.0952. The topological polar surface area (TPSA) is 86.2 Å². The summed E-state index contributed by atoms with van der Waals surface area (Å²) >= 11 is 0. The number of hydrogen-bond acceptors (Lipinski definition) is 5.